The Bertz CT molecular complexity index is 1100. The monoisotopic (exact) mass is 472 g/mol. The summed E-state index contributed by atoms with van der Waals surface area (Å²) in [7, 11) is -3.94. The van der Waals surface area contributed by atoms with Crippen LogP contribution in [-0.4, -0.2) is 26.4 Å². The highest BCUT2D eigenvalue weighted by atomic mass is 35.5. The molecule has 0 heterocycles. The lowest BCUT2D eigenvalue weighted by molar-refractivity contribution is -0.125. The first-order valence-electron chi connectivity index (χ1n) is 11.4. The van der Waals surface area contributed by atoms with E-state index in [0.29, 0.717) is 34.0 Å². The Morgan fingerprint density at radius 2 is 1.59 bits per heavy atom. The fourth-order valence-corrected chi connectivity index (χ4v) is 8.28. The van der Waals surface area contributed by atoms with Crippen molar-refractivity contribution in [1.82, 2.24) is 5.32 Å². The van der Waals surface area contributed by atoms with Crippen LogP contribution in [-0.2, 0) is 14.8 Å². The number of nitrogens with one attached hydrogen (secondary N) is 1. The molecule has 0 radical (unpaired) electrons. The molecular formula is C25H29ClN2O3S. The van der Waals surface area contributed by atoms with E-state index in [1.165, 1.54) is 23.6 Å². The molecule has 0 saturated heterocycles. The second kappa shape index (κ2) is 8.07. The minimum absolute atomic E-state index is 0.155. The third-order valence-electron chi connectivity index (χ3n) is 7.57. The van der Waals surface area contributed by atoms with E-state index in [9.17, 15) is 13.2 Å². The molecule has 0 aromatic heterocycles. The van der Waals surface area contributed by atoms with E-state index in [1.807, 2.05) is 0 Å². The van der Waals surface area contributed by atoms with E-state index in [4.69, 9.17) is 11.6 Å². The van der Waals surface area contributed by atoms with E-state index < -0.39 is 10.0 Å². The average molecular weight is 473 g/mol. The number of sulfonamides is 1. The molecule has 4 aliphatic carbocycles. The number of carbonyl (C=O) groups excluding carboxylic acids is 1. The SMILES string of the molecule is Cc1c(Cl)cccc1N(CC(=O)NC12CC3CC(CC(C3)C1)C2)S(=O)(=O)c1ccccc1. The van der Waals surface area contributed by atoms with Gasteiger partial charge in [-0.2, -0.15) is 0 Å². The van der Waals surface area contributed by atoms with Crippen LogP contribution in [0, 0.1) is 24.7 Å². The number of hydrogen-bond donors (Lipinski definition) is 1. The van der Waals surface area contributed by atoms with Crippen LogP contribution in [0.2, 0.25) is 5.02 Å². The third kappa shape index (κ3) is 3.92. The number of anilines is 1. The molecule has 0 spiro atoms. The van der Waals surface area contributed by atoms with Crippen molar-refractivity contribution in [3.63, 3.8) is 0 Å². The van der Waals surface area contributed by atoms with Gasteiger partial charge in [0.2, 0.25) is 5.91 Å². The fourth-order valence-electron chi connectivity index (χ4n) is 6.62. The van der Waals surface area contributed by atoms with Crippen molar-refractivity contribution in [2.45, 2.75) is 55.9 Å². The molecule has 0 atom stereocenters. The van der Waals surface area contributed by atoms with Crippen LogP contribution in [0.1, 0.15) is 44.1 Å². The maximum atomic E-state index is 13.6. The molecule has 4 bridgehead atoms. The zero-order valence-corrected chi connectivity index (χ0v) is 19.8. The van der Waals surface area contributed by atoms with E-state index >= 15 is 0 Å². The van der Waals surface area contributed by atoms with Crippen molar-refractivity contribution in [1.29, 1.82) is 0 Å². The minimum atomic E-state index is -3.94. The Labute approximate surface area is 195 Å². The molecule has 7 heteroatoms. The molecule has 32 heavy (non-hydrogen) atoms. The molecule has 0 aliphatic heterocycles. The van der Waals surface area contributed by atoms with Crippen molar-refractivity contribution < 1.29 is 13.2 Å². The van der Waals surface area contributed by atoms with E-state index in [1.54, 1.807) is 55.5 Å². The van der Waals surface area contributed by atoms with Gasteiger partial charge in [-0.15, -0.1) is 0 Å². The summed E-state index contributed by atoms with van der Waals surface area (Å²) in [5, 5.41) is 3.77. The largest absolute Gasteiger partial charge is 0.349 e. The van der Waals surface area contributed by atoms with Gasteiger partial charge in [-0.25, -0.2) is 8.42 Å². The molecule has 4 aliphatic rings. The maximum absolute atomic E-state index is 13.6. The van der Waals surface area contributed by atoms with Gasteiger partial charge >= 0.3 is 0 Å². The van der Waals surface area contributed by atoms with Crippen LogP contribution >= 0.6 is 11.6 Å². The molecule has 1 amide bonds. The van der Waals surface area contributed by atoms with Gasteiger partial charge in [-0.3, -0.25) is 9.10 Å². The maximum Gasteiger partial charge on any atom is 0.264 e. The second-order valence-electron chi connectivity index (χ2n) is 9.95. The van der Waals surface area contributed by atoms with Gasteiger partial charge in [0.15, 0.2) is 0 Å². The van der Waals surface area contributed by atoms with E-state index in [0.717, 1.165) is 19.3 Å². The normalized spacial score (nSPS) is 28.5. The highest BCUT2D eigenvalue weighted by molar-refractivity contribution is 7.92. The lowest BCUT2D eigenvalue weighted by atomic mass is 9.53. The first-order chi connectivity index (χ1) is 15.3. The van der Waals surface area contributed by atoms with Crippen LogP contribution < -0.4 is 9.62 Å². The number of rotatable bonds is 6. The van der Waals surface area contributed by atoms with Crippen LogP contribution in [0.5, 0.6) is 0 Å². The zero-order valence-electron chi connectivity index (χ0n) is 18.3. The summed E-state index contributed by atoms with van der Waals surface area (Å²) in [5.41, 5.74) is 0.899. The number of amides is 1. The number of benzene rings is 2. The first-order valence-corrected chi connectivity index (χ1v) is 13.2. The molecule has 0 unspecified atom stereocenters. The number of hydrogen-bond acceptors (Lipinski definition) is 3. The highest BCUT2D eigenvalue weighted by Crippen LogP contribution is 2.55. The van der Waals surface area contributed by atoms with Gasteiger partial charge in [0, 0.05) is 10.6 Å². The molecule has 170 valence electrons. The Morgan fingerprint density at radius 3 is 2.19 bits per heavy atom. The number of halogens is 1. The van der Waals surface area contributed by atoms with Gasteiger partial charge < -0.3 is 5.32 Å². The molecule has 4 saturated carbocycles. The summed E-state index contributed by atoms with van der Waals surface area (Å²) >= 11 is 6.31. The lowest BCUT2D eigenvalue weighted by Crippen LogP contribution is -2.61. The Balaban J connectivity index is 1.45. The fraction of sp³-hybridized carbons (Fsp3) is 0.480. The van der Waals surface area contributed by atoms with E-state index in [2.05, 4.69) is 5.32 Å². The summed E-state index contributed by atoms with van der Waals surface area (Å²) in [6.07, 6.45) is 6.91. The zero-order chi connectivity index (χ0) is 22.5. The molecule has 2 aromatic carbocycles. The summed E-state index contributed by atoms with van der Waals surface area (Å²) in [6, 6.07) is 13.4. The first kappa shape index (κ1) is 21.8. The van der Waals surface area contributed by atoms with E-state index in [-0.39, 0.29) is 22.9 Å². The Hall–Kier alpha value is -2.05. The van der Waals surface area contributed by atoms with Crippen molar-refractivity contribution in [2.75, 3.05) is 10.8 Å². The third-order valence-corrected chi connectivity index (χ3v) is 9.75. The van der Waals surface area contributed by atoms with Crippen molar-refractivity contribution in [3.8, 4) is 0 Å². The van der Waals surface area contributed by atoms with Crippen LogP contribution in [0.3, 0.4) is 0 Å². The predicted molar refractivity (Wildman–Crippen MR) is 126 cm³/mol. The van der Waals surface area contributed by atoms with Crippen LogP contribution in [0.15, 0.2) is 53.4 Å². The van der Waals surface area contributed by atoms with Crippen molar-refractivity contribution in [3.05, 3.63) is 59.1 Å². The average Bonchev–Trinajstić information content (AvgIpc) is 2.73. The topological polar surface area (TPSA) is 66.5 Å². The molecule has 5 nitrogen and oxygen atoms in total. The van der Waals surface area contributed by atoms with Gasteiger partial charge in [0.1, 0.15) is 6.54 Å². The molecule has 2 aromatic rings. The smallest absolute Gasteiger partial charge is 0.264 e. The van der Waals surface area contributed by atoms with Gasteiger partial charge in [-0.1, -0.05) is 35.9 Å². The lowest BCUT2D eigenvalue weighted by Gasteiger charge is -2.57. The molecule has 1 N–H and O–H groups in total. The molecular weight excluding hydrogens is 444 g/mol. The van der Waals surface area contributed by atoms with Gasteiger partial charge in [0.05, 0.1) is 10.6 Å². The second-order valence-corrected chi connectivity index (χ2v) is 12.2. The summed E-state index contributed by atoms with van der Waals surface area (Å²) in [4.78, 5) is 13.5. The van der Waals surface area contributed by atoms with Crippen molar-refractivity contribution >= 4 is 33.2 Å². The minimum Gasteiger partial charge on any atom is -0.349 e. The standard InChI is InChI=1S/C25H29ClN2O3S/c1-17-22(26)8-5-9-23(17)28(32(30,31)21-6-3-2-4-7-21)16-24(29)27-25-13-18-10-19(14-25)12-20(11-18)15-25/h2-9,18-20H,10-16H2,1H3,(H,27,29). The number of nitrogens with zero attached hydrogens (tertiary/aromatic N) is 1. The number of carbonyl (C=O) groups is 1. The van der Waals surface area contributed by atoms with Gasteiger partial charge in [-0.05, 0) is 93.0 Å². The van der Waals surface area contributed by atoms with Gasteiger partial charge in [0.25, 0.3) is 10.0 Å². The van der Waals surface area contributed by atoms with Crippen LogP contribution in [0.25, 0.3) is 0 Å². The quantitative estimate of drug-likeness (QED) is 0.648. The van der Waals surface area contributed by atoms with Crippen LogP contribution in [0.4, 0.5) is 5.69 Å². The Kier molecular flexibility index (Phi) is 5.49. The summed E-state index contributed by atoms with van der Waals surface area (Å²) < 4.78 is 28.4. The highest BCUT2D eigenvalue weighted by Gasteiger charge is 2.51. The summed E-state index contributed by atoms with van der Waals surface area (Å²) in [5.74, 6) is 1.84. The molecule has 4 fully saturated rings. The predicted octanol–water partition coefficient (Wildman–Crippen LogP) is 4.93. The Morgan fingerprint density at radius 1 is 1.00 bits per heavy atom. The molecule has 6 rings (SSSR count). The summed E-state index contributed by atoms with van der Waals surface area (Å²) in [6.45, 7) is 1.52. The van der Waals surface area contributed by atoms with Crippen molar-refractivity contribution in [2.24, 2.45) is 17.8 Å².